The molecule has 1 N–H and O–H groups in total. The number of aliphatic imine (C=N–C) groups is 1. The molecule has 0 radical (unpaired) electrons. The van der Waals surface area contributed by atoms with E-state index in [1.165, 1.54) is 54.3 Å². The van der Waals surface area contributed by atoms with Crippen LogP contribution in [0.15, 0.2) is 103 Å². The molecule has 0 spiro atoms. The molecular formula is C45H66ClN3. The van der Waals surface area contributed by atoms with E-state index in [2.05, 4.69) is 162 Å². The largest absolute Gasteiger partial charge is 0.356 e. The first kappa shape index (κ1) is 47.2. The van der Waals surface area contributed by atoms with Crippen LogP contribution in [0.5, 0.6) is 0 Å². The standard InChI is InChI=1S/C22H26N2.C8H11N.C8H10.C4H10.C2H6.CH3Cl/c1-8-23-22-13-16(4)21(12-17(22)5)19(7)24-18(6)20-11-14(2)9-10-15(20)3;1-2-3-8-4-6-9-7-5-8;1-2-8-6-4-3-5-7-8;1-3-4-2;2*1-2/h8-13,24H,6-7H2,1-5H3;4-7H,2-3H2,1H3;3-7H,2H2,1H3;3-4H2,1-2H3;1-2H3;1H3. The van der Waals surface area contributed by atoms with Gasteiger partial charge in [-0.1, -0.05) is 122 Å². The van der Waals surface area contributed by atoms with Crippen molar-refractivity contribution in [3.63, 3.8) is 0 Å². The van der Waals surface area contributed by atoms with E-state index in [1.54, 1.807) is 0 Å². The fraction of sp³-hybridized carbons (Fsp3) is 0.378. The van der Waals surface area contributed by atoms with Crippen LogP contribution in [0.2, 0.25) is 0 Å². The normalized spacial score (nSPS) is 9.41. The number of nitrogens with one attached hydrogen (secondary N) is 1. The topological polar surface area (TPSA) is 37.3 Å². The fourth-order valence-electron chi connectivity index (χ4n) is 4.33. The van der Waals surface area contributed by atoms with Gasteiger partial charge in [-0.2, -0.15) is 0 Å². The summed E-state index contributed by atoms with van der Waals surface area (Å²) < 4.78 is 0. The number of aromatic nitrogens is 1. The summed E-state index contributed by atoms with van der Waals surface area (Å²) in [6.45, 7) is 31.4. The molecule has 0 saturated carbocycles. The lowest BCUT2D eigenvalue weighted by Gasteiger charge is -2.17. The summed E-state index contributed by atoms with van der Waals surface area (Å²) in [5.41, 5.74) is 12.4. The summed E-state index contributed by atoms with van der Waals surface area (Å²) in [5.74, 6) is 0. The van der Waals surface area contributed by atoms with Crippen molar-refractivity contribution in [2.24, 2.45) is 4.99 Å². The Labute approximate surface area is 306 Å². The summed E-state index contributed by atoms with van der Waals surface area (Å²) in [6, 6.07) is 25.2. The van der Waals surface area contributed by atoms with E-state index in [4.69, 9.17) is 0 Å². The van der Waals surface area contributed by atoms with Crippen LogP contribution < -0.4 is 5.32 Å². The van der Waals surface area contributed by atoms with Gasteiger partial charge in [-0.3, -0.25) is 9.98 Å². The number of unbranched alkanes of at least 4 members (excludes halogenated alkanes) is 1. The maximum absolute atomic E-state index is 4.64. The average Bonchev–Trinajstić information content (AvgIpc) is 3.14. The molecule has 49 heavy (non-hydrogen) atoms. The van der Waals surface area contributed by atoms with Gasteiger partial charge < -0.3 is 5.32 Å². The summed E-state index contributed by atoms with van der Waals surface area (Å²) in [5, 5.41) is 3.37. The highest BCUT2D eigenvalue weighted by Gasteiger charge is 2.10. The summed E-state index contributed by atoms with van der Waals surface area (Å²) in [7, 11) is 0. The van der Waals surface area contributed by atoms with Crippen LogP contribution >= 0.6 is 11.6 Å². The first-order chi connectivity index (χ1) is 23.6. The molecular weight excluding hydrogens is 618 g/mol. The molecule has 3 aromatic carbocycles. The number of rotatable bonds is 9. The number of benzene rings is 3. The Balaban J connectivity index is 0. The molecule has 4 aromatic rings. The maximum Gasteiger partial charge on any atom is 0.0657 e. The second-order valence-corrected chi connectivity index (χ2v) is 11.2. The molecule has 4 heteroatoms. The number of halogens is 1. The van der Waals surface area contributed by atoms with Crippen molar-refractivity contribution in [1.82, 2.24) is 10.3 Å². The molecule has 268 valence electrons. The maximum atomic E-state index is 4.64. The molecule has 3 nitrogen and oxygen atoms in total. The molecule has 0 amide bonds. The number of pyridine rings is 1. The van der Waals surface area contributed by atoms with Crippen LogP contribution in [-0.2, 0) is 12.8 Å². The van der Waals surface area contributed by atoms with Gasteiger partial charge >= 0.3 is 0 Å². The highest BCUT2D eigenvalue weighted by molar-refractivity contribution is 6.15. The van der Waals surface area contributed by atoms with Crippen molar-refractivity contribution < 1.29 is 0 Å². The zero-order valence-corrected chi connectivity index (χ0v) is 33.6. The lowest BCUT2D eigenvalue weighted by molar-refractivity contribution is 0.886. The summed E-state index contributed by atoms with van der Waals surface area (Å²) in [4.78, 5) is 8.33. The predicted octanol–water partition coefficient (Wildman–Crippen LogP) is 13.8. The number of hydrogen-bond donors (Lipinski definition) is 1. The second kappa shape index (κ2) is 30.1. The molecule has 0 unspecified atom stereocenters. The molecule has 0 saturated heterocycles. The van der Waals surface area contributed by atoms with Gasteiger partial charge in [0.25, 0.3) is 0 Å². The van der Waals surface area contributed by atoms with Gasteiger partial charge in [0.2, 0.25) is 0 Å². The predicted molar refractivity (Wildman–Crippen MR) is 225 cm³/mol. The van der Waals surface area contributed by atoms with Crippen LogP contribution in [0, 0.1) is 27.7 Å². The monoisotopic (exact) mass is 683 g/mol. The zero-order valence-electron chi connectivity index (χ0n) is 32.9. The lowest BCUT2D eigenvalue weighted by Crippen LogP contribution is -2.11. The Morgan fingerprint density at radius 1 is 0.694 bits per heavy atom. The summed E-state index contributed by atoms with van der Waals surface area (Å²) >= 11 is 4.64. The molecule has 0 aliphatic carbocycles. The minimum Gasteiger partial charge on any atom is -0.356 e. The Bertz CT molecular complexity index is 1460. The van der Waals surface area contributed by atoms with Crippen LogP contribution in [0.4, 0.5) is 5.69 Å². The van der Waals surface area contributed by atoms with E-state index < -0.39 is 0 Å². The molecule has 0 bridgehead atoms. The Morgan fingerprint density at radius 3 is 1.71 bits per heavy atom. The van der Waals surface area contributed by atoms with Gasteiger partial charge in [-0.25, -0.2) is 0 Å². The fourth-order valence-corrected chi connectivity index (χ4v) is 4.33. The van der Waals surface area contributed by atoms with Gasteiger partial charge in [0.15, 0.2) is 0 Å². The van der Waals surface area contributed by atoms with Crippen molar-refractivity contribution in [2.75, 3.05) is 6.38 Å². The third-order valence-corrected chi connectivity index (χ3v) is 7.20. The molecule has 1 heterocycles. The SMILES string of the molecule is C=C(NC(=C)c1cc(C)c(N=CC)cc1C)c1cc(C)ccc1C.CC.CCCC.CCCc1ccncc1.CCc1ccccc1.CCl. The Kier molecular flexibility index (Phi) is 29.0. The number of aryl methyl sites for hydroxylation is 6. The zero-order chi connectivity index (χ0) is 37.6. The smallest absolute Gasteiger partial charge is 0.0657 e. The molecule has 4 rings (SSSR count). The van der Waals surface area contributed by atoms with Gasteiger partial charge in [0.1, 0.15) is 0 Å². The highest BCUT2D eigenvalue weighted by Crippen LogP contribution is 2.27. The highest BCUT2D eigenvalue weighted by atomic mass is 35.5. The number of alkyl halides is 1. The molecule has 0 aliphatic heterocycles. The van der Waals surface area contributed by atoms with E-state index in [9.17, 15) is 0 Å². The quantitative estimate of drug-likeness (QED) is 0.141. The second-order valence-electron chi connectivity index (χ2n) is 11.2. The van der Waals surface area contributed by atoms with E-state index in [1.807, 2.05) is 45.4 Å². The molecule has 1 aromatic heterocycles. The van der Waals surface area contributed by atoms with Crippen molar-refractivity contribution in [3.05, 3.63) is 143 Å². The number of hydrogen-bond acceptors (Lipinski definition) is 3. The Hall–Kier alpha value is -3.95. The first-order valence-electron chi connectivity index (χ1n) is 17.7. The third kappa shape index (κ3) is 20.2. The average molecular weight is 684 g/mol. The lowest BCUT2D eigenvalue weighted by atomic mass is 10.00. The molecule has 0 aliphatic rings. The van der Waals surface area contributed by atoms with Crippen LogP contribution in [-0.4, -0.2) is 17.6 Å². The van der Waals surface area contributed by atoms with Crippen LogP contribution in [0.1, 0.15) is 112 Å². The first-order valence-corrected chi connectivity index (χ1v) is 18.5. The van der Waals surface area contributed by atoms with Gasteiger partial charge in [-0.15, -0.1) is 11.6 Å². The number of nitrogens with zero attached hydrogens (tertiary/aromatic N) is 2. The molecule has 0 fully saturated rings. The van der Waals surface area contributed by atoms with E-state index in [0.29, 0.717) is 0 Å². The van der Waals surface area contributed by atoms with Crippen molar-refractivity contribution in [1.29, 1.82) is 0 Å². The van der Waals surface area contributed by atoms with Gasteiger partial charge in [-0.05, 0) is 106 Å². The van der Waals surface area contributed by atoms with Crippen LogP contribution in [0.3, 0.4) is 0 Å². The Morgan fingerprint density at radius 2 is 1.24 bits per heavy atom. The van der Waals surface area contributed by atoms with Crippen molar-refractivity contribution in [3.8, 4) is 0 Å². The van der Waals surface area contributed by atoms with Crippen molar-refractivity contribution in [2.45, 2.75) is 108 Å². The summed E-state index contributed by atoms with van der Waals surface area (Å²) in [6.07, 6.45) is 13.1. The van der Waals surface area contributed by atoms with Gasteiger partial charge in [0.05, 0.1) is 5.69 Å². The minimum absolute atomic E-state index is 0.855. The minimum atomic E-state index is 0.855. The van der Waals surface area contributed by atoms with E-state index in [0.717, 1.165) is 45.8 Å². The van der Waals surface area contributed by atoms with Crippen molar-refractivity contribution >= 4 is 34.9 Å². The van der Waals surface area contributed by atoms with Gasteiger partial charge in [0, 0.05) is 47.5 Å². The van der Waals surface area contributed by atoms with E-state index >= 15 is 0 Å². The van der Waals surface area contributed by atoms with Crippen LogP contribution in [0.25, 0.3) is 11.4 Å². The third-order valence-electron chi connectivity index (χ3n) is 7.20. The molecule has 0 atom stereocenters. The van der Waals surface area contributed by atoms with E-state index in [-0.39, 0.29) is 0 Å².